The van der Waals surface area contributed by atoms with E-state index >= 15 is 0 Å². The van der Waals surface area contributed by atoms with Crippen LogP contribution in [0.1, 0.15) is 11.1 Å². The van der Waals surface area contributed by atoms with Gasteiger partial charge in [0.05, 0.1) is 16.7 Å². The van der Waals surface area contributed by atoms with Crippen molar-refractivity contribution in [1.29, 1.82) is 0 Å². The number of hydrogen-bond acceptors (Lipinski definition) is 2. The molecule has 2 aromatic heterocycles. The minimum atomic E-state index is 0.933. The molecule has 0 saturated carbocycles. The van der Waals surface area contributed by atoms with Gasteiger partial charge in [0.1, 0.15) is 5.82 Å². The molecule has 9 aromatic carbocycles. The van der Waals surface area contributed by atoms with E-state index in [1.807, 2.05) is 12.3 Å². The molecule has 0 spiro atoms. The monoisotopic (exact) mass is 687 g/mol. The maximum absolute atomic E-state index is 4.72. The lowest BCUT2D eigenvalue weighted by Crippen LogP contribution is -2.10. The summed E-state index contributed by atoms with van der Waals surface area (Å²) >= 11 is 0. The van der Waals surface area contributed by atoms with Crippen LogP contribution in [0.3, 0.4) is 0 Å². The summed E-state index contributed by atoms with van der Waals surface area (Å²) in [6, 6.07) is 65.7. The van der Waals surface area contributed by atoms with Gasteiger partial charge in [-0.15, -0.1) is 0 Å². The number of para-hydroxylation sites is 1. The Morgan fingerprint density at radius 2 is 1.17 bits per heavy atom. The molecule has 11 rings (SSSR count). The third kappa shape index (κ3) is 4.79. The van der Waals surface area contributed by atoms with E-state index in [9.17, 15) is 0 Å². The Balaban J connectivity index is 0.994. The lowest BCUT2D eigenvalue weighted by Gasteiger charge is -2.28. The van der Waals surface area contributed by atoms with Gasteiger partial charge in [-0.2, -0.15) is 0 Å². The number of fused-ring (bicyclic) bond motifs is 4. The van der Waals surface area contributed by atoms with Crippen molar-refractivity contribution in [3.8, 4) is 5.82 Å². The van der Waals surface area contributed by atoms with Gasteiger partial charge >= 0.3 is 0 Å². The standard InChI is InChI=1S/C51H33N3/c1-2-13-40(14-3-1)53(48-33-39-11-4-5-15-42(39)44-16-6-7-17-45(44)48)41-27-24-37-31-34(21-23-38(37)32-41)20-22-35-26-29-47-51-43(35)28-25-36-12-10-18-46(50(36)51)54(47)49-19-8-9-30-52-49/h1-33H/b22-20+. The van der Waals surface area contributed by atoms with Crippen LogP contribution in [0, 0.1) is 0 Å². The first-order chi connectivity index (χ1) is 26.8. The van der Waals surface area contributed by atoms with Gasteiger partial charge in [-0.05, 0) is 109 Å². The molecule has 0 aliphatic rings. The molecule has 11 aromatic rings. The Bertz CT molecular complexity index is 3210. The van der Waals surface area contributed by atoms with Crippen LogP contribution in [-0.4, -0.2) is 9.55 Å². The van der Waals surface area contributed by atoms with Crippen LogP contribution in [0.2, 0.25) is 0 Å². The van der Waals surface area contributed by atoms with Crippen LogP contribution in [0.4, 0.5) is 17.1 Å². The van der Waals surface area contributed by atoms with Gasteiger partial charge in [0, 0.05) is 33.7 Å². The van der Waals surface area contributed by atoms with Crippen LogP contribution in [0.5, 0.6) is 0 Å². The quantitative estimate of drug-likeness (QED) is 0.128. The highest BCUT2D eigenvalue weighted by atomic mass is 15.1. The molecule has 0 aliphatic heterocycles. The molecule has 0 amide bonds. The minimum absolute atomic E-state index is 0.933. The summed E-state index contributed by atoms with van der Waals surface area (Å²) in [4.78, 5) is 7.12. The number of rotatable bonds is 6. The zero-order chi connectivity index (χ0) is 35.6. The van der Waals surface area contributed by atoms with Crippen molar-refractivity contribution >= 4 is 94.1 Å². The minimum Gasteiger partial charge on any atom is -0.310 e. The normalized spacial score (nSPS) is 12.0. The molecule has 0 atom stereocenters. The zero-order valence-corrected chi connectivity index (χ0v) is 29.4. The largest absolute Gasteiger partial charge is 0.310 e. The molecular formula is C51H33N3. The number of nitrogens with zero attached hydrogens (tertiary/aromatic N) is 3. The first-order valence-corrected chi connectivity index (χ1v) is 18.5. The smallest absolute Gasteiger partial charge is 0.137 e. The average molecular weight is 688 g/mol. The first-order valence-electron chi connectivity index (χ1n) is 18.5. The molecule has 3 heteroatoms. The predicted octanol–water partition coefficient (Wildman–Crippen LogP) is 13.9. The number of anilines is 3. The summed E-state index contributed by atoms with van der Waals surface area (Å²) in [5.74, 6) is 0.933. The molecular weight excluding hydrogens is 655 g/mol. The Morgan fingerprint density at radius 3 is 2.06 bits per heavy atom. The number of benzene rings is 9. The van der Waals surface area contributed by atoms with E-state index in [0.717, 1.165) is 17.2 Å². The summed E-state index contributed by atoms with van der Waals surface area (Å²) < 4.78 is 2.29. The molecule has 0 radical (unpaired) electrons. The van der Waals surface area contributed by atoms with E-state index in [4.69, 9.17) is 4.98 Å². The molecule has 0 aliphatic carbocycles. The molecule has 2 heterocycles. The molecule has 54 heavy (non-hydrogen) atoms. The summed E-state index contributed by atoms with van der Waals surface area (Å²) in [6.45, 7) is 0. The second kappa shape index (κ2) is 12.2. The van der Waals surface area contributed by atoms with Crippen molar-refractivity contribution in [2.45, 2.75) is 0 Å². The van der Waals surface area contributed by atoms with Gasteiger partial charge in [0.15, 0.2) is 0 Å². The maximum atomic E-state index is 4.72. The molecule has 0 saturated heterocycles. The van der Waals surface area contributed by atoms with Gasteiger partial charge in [0.2, 0.25) is 0 Å². The molecule has 3 nitrogen and oxygen atoms in total. The van der Waals surface area contributed by atoms with Crippen LogP contribution in [0.25, 0.3) is 82.9 Å². The fourth-order valence-electron chi connectivity index (χ4n) is 8.49. The topological polar surface area (TPSA) is 21.1 Å². The Hall–Kier alpha value is -7.23. The van der Waals surface area contributed by atoms with E-state index in [2.05, 4.69) is 198 Å². The van der Waals surface area contributed by atoms with Gasteiger partial charge in [0.25, 0.3) is 0 Å². The maximum Gasteiger partial charge on any atom is 0.137 e. The SMILES string of the molecule is C(=C\c1ccc2c3c1ccc1cccc(c13)n2-c1ccccn1)/c1ccc2cc(N(c3ccccc3)c3cc4ccccc4c4ccccc34)ccc2c1. The highest BCUT2D eigenvalue weighted by Gasteiger charge is 2.19. The number of hydrogen-bond donors (Lipinski definition) is 0. The first kappa shape index (κ1) is 30.4. The second-order valence-electron chi connectivity index (χ2n) is 14.0. The average Bonchev–Trinajstić information content (AvgIpc) is 3.58. The van der Waals surface area contributed by atoms with Crippen LogP contribution < -0.4 is 4.90 Å². The Kier molecular flexibility index (Phi) is 6.86. The molecule has 0 unspecified atom stereocenters. The van der Waals surface area contributed by atoms with Crippen LogP contribution in [0.15, 0.2) is 188 Å². The van der Waals surface area contributed by atoms with Crippen LogP contribution >= 0.6 is 0 Å². The second-order valence-corrected chi connectivity index (χ2v) is 14.0. The van der Waals surface area contributed by atoms with Gasteiger partial charge in [-0.25, -0.2) is 4.98 Å². The van der Waals surface area contributed by atoms with Crippen molar-refractivity contribution in [2.24, 2.45) is 0 Å². The van der Waals surface area contributed by atoms with Crippen LogP contribution in [-0.2, 0) is 0 Å². The van der Waals surface area contributed by atoms with Crippen molar-refractivity contribution in [2.75, 3.05) is 4.90 Å². The highest BCUT2D eigenvalue weighted by molar-refractivity contribution is 6.25. The van der Waals surface area contributed by atoms with Crippen molar-refractivity contribution in [3.63, 3.8) is 0 Å². The molecule has 0 bridgehead atoms. The van der Waals surface area contributed by atoms with Crippen molar-refractivity contribution in [1.82, 2.24) is 9.55 Å². The van der Waals surface area contributed by atoms with E-state index < -0.39 is 0 Å². The molecule has 0 fully saturated rings. The van der Waals surface area contributed by atoms with Gasteiger partial charge < -0.3 is 4.90 Å². The lowest BCUT2D eigenvalue weighted by molar-refractivity contribution is 1.08. The van der Waals surface area contributed by atoms with E-state index in [0.29, 0.717) is 0 Å². The summed E-state index contributed by atoms with van der Waals surface area (Å²) in [5, 5.41) is 12.4. The van der Waals surface area contributed by atoms with Gasteiger partial charge in [-0.1, -0.05) is 133 Å². The van der Waals surface area contributed by atoms with Crippen molar-refractivity contribution in [3.05, 3.63) is 199 Å². The van der Waals surface area contributed by atoms with E-state index in [1.165, 1.54) is 81.7 Å². The summed E-state index contributed by atoms with van der Waals surface area (Å²) in [6.07, 6.45) is 6.36. The Labute approximate surface area is 312 Å². The van der Waals surface area contributed by atoms with Gasteiger partial charge in [-0.3, -0.25) is 4.57 Å². The number of pyridine rings is 1. The van der Waals surface area contributed by atoms with Crippen molar-refractivity contribution < 1.29 is 0 Å². The third-order valence-electron chi connectivity index (χ3n) is 10.9. The van der Waals surface area contributed by atoms with E-state index in [-0.39, 0.29) is 0 Å². The fourth-order valence-corrected chi connectivity index (χ4v) is 8.49. The highest BCUT2D eigenvalue weighted by Crippen LogP contribution is 2.43. The number of aromatic nitrogens is 2. The van der Waals surface area contributed by atoms with E-state index in [1.54, 1.807) is 0 Å². The lowest BCUT2D eigenvalue weighted by atomic mass is 9.97. The summed E-state index contributed by atoms with van der Waals surface area (Å²) in [7, 11) is 0. The zero-order valence-electron chi connectivity index (χ0n) is 29.4. The summed E-state index contributed by atoms with van der Waals surface area (Å²) in [5.41, 5.74) is 8.14. The molecule has 252 valence electrons. The predicted molar refractivity (Wildman–Crippen MR) is 230 cm³/mol. The Morgan fingerprint density at radius 1 is 0.426 bits per heavy atom. The fraction of sp³-hybridized carbons (Fsp3) is 0. The molecule has 0 N–H and O–H groups in total. The third-order valence-corrected chi connectivity index (χ3v) is 10.9.